The number of hydrogen-bond acceptors (Lipinski definition) is 4. The molecule has 2 aromatic rings. The van der Waals surface area contributed by atoms with Gasteiger partial charge in [-0.1, -0.05) is 13.0 Å². The summed E-state index contributed by atoms with van der Waals surface area (Å²) in [4.78, 5) is 26.0. The lowest BCUT2D eigenvalue weighted by Crippen LogP contribution is -2.35. The van der Waals surface area contributed by atoms with E-state index in [-0.39, 0.29) is 34.7 Å². The Kier molecular flexibility index (Phi) is 6.02. The molecule has 1 unspecified atom stereocenters. The molecule has 29 heavy (non-hydrogen) atoms. The van der Waals surface area contributed by atoms with Crippen LogP contribution in [0.5, 0.6) is 0 Å². The Morgan fingerprint density at radius 3 is 2.66 bits per heavy atom. The summed E-state index contributed by atoms with van der Waals surface area (Å²) in [5.74, 6) is -1.35. The number of sulfone groups is 1. The molecular weight excluding hydrogens is 395 g/mol. The predicted octanol–water partition coefficient (Wildman–Crippen LogP) is 3.32. The Balaban J connectivity index is 1.70. The molecule has 8 heteroatoms. The van der Waals surface area contributed by atoms with Gasteiger partial charge in [0, 0.05) is 30.3 Å². The number of carbonyl (C=O) groups is 2. The van der Waals surface area contributed by atoms with Crippen molar-refractivity contribution >= 4 is 33.0 Å². The van der Waals surface area contributed by atoms with Crippen molar-refractivity contribution < 1.29 is 22.4 Å². The summed E-state index contributed by atoms with van der Waals surface area (Å²) in [6, 6.07) is 10.1. The summed E-state index contributed by atoms with van der Waals surface area (Å²) in [5.41, 5.74) is 1.83. The summed E-state index contributed by atoms with van der Waals surface area (Å²) < 4.78 is 38.5. The maximum atomic E-state index is 13.2. The van der Waals surface area contributed by atoms with E-state index in [1.165, 1.54) is 24.3 Å². The summed E-state index contributed by atoms with van der Waals surface area (Å²) >= 11 is 0. The van der Waals surface area contributed by atoms with Crippen LogP contribution in [-0.2, 0) is 25.8 Å². The minimum absolute atomic E-state index is 0.000812. The molecule has 0 aromatic heterocycles. The minimum Gasteiger partial charge on any atom is -0.326 e. The summed E-state index contributed by atoms with van der Waals surface area (Å²) in [6.07, 6.45) is 0.724. The average Bonchev–Trinajstić information content (AvgIpc) is 3.01. The fourth-order valence-corrected chi connectivity index (χ4v) is 4.77. The zero-order chi connectivity index (χ0) is 21.2. The molecule has 3 rings (SSSR count). The molecule has 0 radical (unpaired) electrons. The van der Waals surface area contributed by atoms with Crippen molar-refractivity contribution in [3.05, 3.63) is 53.8 Å². The van der Waals surface area contributed by atoms with E-state index in [4.69, 9.17) is 0 Å². The number of benzene rings is 2. The van der Waals surface area contributed by atoms with Gasteiger partial charge in [-0.2, -0.15) is 0 Å². The van der Waals surface area contributed by atoms with E-state index < -0.39 is 21.6 Å². The third kappa shape index (κ3) is 4.64. The van der Waals surface area contributed by atoms with Crippen LogP contribution in [0.25, 0.3) is 0 Å². The van der Waals surface area contributed by atoms with Crippen LogP contribution in [-0.4, -0.2) is 32.0 Å². The van der Waals surface area contributed by atoms with Gasteiger partial charge in [0.2, 0.25) is 11.8 Å². The number of halogens is 1. The molecule has 0 aliphatic carbocycles. The minimum atomic E-state index is -3.68. The van der Waals surface area contributed by atoms with Crippen LogP contribution < -0.4 is 10.2 Å². The number of anilines is 2. The van der Waals surface area contributed by atoms with Gasteiger partial charge in [-0.3, -0.25) is 9.59 Å². The van der Waals surface area contributed by atoms with Gasteiger partial charge >= 0.3 is 0 Å². The Morgan fingerprint density at radius 2 is 1.97 bits per heavy atom. The van der Waals surface area contributed by atoms with Gasteiger partial charge in [0.25, 0.3) is 0 Å². The van der Waals surface area contributed by atoms with Crippen LogP contribution in [0.1, 0.15) is 32.3 Å². The highest BCUT2D eigenvalue weighted by Gasteiger charge is 2.31. The van der Waals surface area contributed by atoms with Crippen LogP contribution in [0.2, 0.25) is 0 Å². The summed E-state index contributed by atoms with van der Waals surface area (Å²) in [6.45, 7) is 3.72. The molecule has 1 atom stereocenters. The highest BCUT2D eigenvalue weighted by Crippen LogP contribution is 2.34. The zero-order valence-electron chi connectivity index (χ0n) is 16.3. The van der Waals surface area contributed by atoms with Crippen molar-refractivity contribution in [3.63, 3.8) is 0 Å². The lowest BCUT2D eigenvalue weighted by atomic mass is 10.1. The van der Waals surface area contributed by atoms with E-state index in [1.54, 1.807) is 24.0 Å². The monoisotopic (exact) mass is 418 g/mol. The molecule has 1 heterocycles. The van der Waals surface area contributed by atoms with E-state index >= 15 is 0 Å². The Morgan fingerprint density at radius 1 is 1.21 bits per heavy atom. The molecule has 0 saturated heterocycles. The van der Waals surface area contributed by atoms with Gasteiger partial charge < -0.3 is 10.2 Å². The molecular formula is C21H23FN2O4S. The van der Waals surface area contributed by atoms with E-state index in [1.807, 2.05) is 6.92 Å². The topological polar surface area (TPSA) is 83.6 Å². The standard InChI is InChI=1S/C21H23FN2O4S/c1-3-21(26)24-14(2)11-15-12-18(7-8-19(15)24)29(27,28)10-9-20(25)23-17-6-4-5-16(22)13-17/h4-8,12-14H,3,9-11H2,1-2H3,(H,23,25). The van der Waals surface area contributed by atoms with Crippen LogP contribution in [0, 0.1) is 5.82 Å². The van der Waals surface area contributed by atoms with E-state index in [9.17, 15) is 22.4 Å². The Labute approximate surface area is 169 Å². The number of carbonyl (C=O) groups excluding carboxylic acids is 2. The first-order valence-corrected chi connectivity index (χ1v) is 11.1. The number of amides is 2. The van der Waals surface area contributed by atoms with Crippen LogP contribution in [0.4, 0.5) is 15.8 Å². The highest BCUT2D eigenvalue weighted by atomic mass is 32.2. The normalized spacial score (nSPS) is 15.8. The number of nitrogens with zero attached hydrogens (tertiary/aromatic N) is 1. The second kappa shape index (κ2) is 8.32. The van der Waals surface area contributed by atoms with Crippen LogP contribution in [0.15, 0.2) is 47.4 Å². The highest BCUT2D eigenvalue weighted by molar-refractivity contribution is 7.91. The smallest absolute Gasteiger partial charge is 0.226 e. The average molecular weight is 418 g/mol. The largest absolute Gasteiger partial charge is 0.326 e. The lowest BCUT2D eigenvalue weighted by Gasteiger charge is -2.22. The number of rotatable bonds is 6. The fraction of sp³-hybridized carbons (Fsp3) is 0.333. The van der Waals surface area contributed by atoms with Gasteiger partial charge in [0.1, 0.15) is 5.82 Å². The van der Waals surface area contributed by atoms with Gasteiger partial charge in [-0.05, 0) is 55.3 Å². The van der Waals surface area contributed by atoms with Crippen molar-refractivity contribution in [3.8, 4) is 0 Å². The van der Waals surface area contributed by atoms with E-state index in [2.05, 4.69) is 5.32 Å². The third-order valence-corrected chi connectivity index (χ3v) is 6.62. The predicted molar refractivity (Wildman–Crippen MR) is 109 cm³/mol. The van der Waals surface area contributed by atoms with Gasteiger partial charge in [-0.15, -0.1) is 0 Å². The lowest BCUT2D eigenvalue weighted by molar-refractivity contribution is -0.118. The molecule has 1 aliphatic rings. The molecule has 6 nitrogen and oxygen atoms in total. The third-order valence-electron chi connectivity index (χ3n) is 4.90. The first-order valence-electron chi connectivity index (χ1n) is 9.44. The van der Waals surface area contributed by atoms with Crippen LogP contribution >= 0.6 is 0 Å². The van der Waals surface area contributed by atoms with Gasteiger partial charge in [-0.25, -0.2) is 12.8 Å². The molecule has 1 N–H and O–H groups in total. The Hall–Kier alpha value is -2.74. The molecule has 154 valence electrons. The molecule has 0 bridgehead atoms. The summed E-state index contributed by atoms with van der Waals surface area (Å²) in [7, 11) is -3.68. The molecule has 2 amide bonds. The molecule has 0 fully saturated rings. The van der Waals surface area contributed by atoms with Crippen LogP contribution in [0.3, 0.4) is 0 Å². The van der Waals surface area contributed by atoms with Crippen molar-refractivity contribution in [2.24, 2.45) is 0 Å². The first kappa shape index (κ1) is 21.0. The summed E-state index contributed by atoms with van der Waals surface area (Å²) in [5, 5.41) is 2.49. The molecule has 1 aliphatic heterocycles. The number of hydrogen-bond donors (Lipinski definition) is 1. The van der Waals surface area contributed by atoms with Gasteiger partial charge in [0.05, 0.1) is 10.6 Å². The second-order valence-electron chi connectivity index (χ2n) is 7.09. The van der Waals surface area contributed by atoms with Crippen molar-refractivity contribution in [2.45, 2.75) is 44.0 Å². The SMILES string of the molecule is CCC(=O)N1c2ccc(S(=O)(=O)CCC(=O)Nc3cccc(F)c3)cc2CC1C. The molecule has 0 spiro atoms. The van der Waals surface area contributed by atoms with Gasteiger partial charge in [0.15, 0.2) is 9.84 Å². The number of nitrogens with one attached hydrogen (secondary N) is 1. The second-order valence-corrected chi connectivity index (χ2v) is 9.20. The van der Waals surface area contributed by atoms with E-state index in [0.717, 1.165) is 17.3 Å². The quantitative estimate of drug-likeness (QED) is 0.780. The number of fused-ring (bicyclic) bond motifs is 1. The molecule has 0 saturated carbocycles. The van der Waals surface area contributed by atoms with Crippen molar-refractivity contribution in [2.75, 3.05) is 16.0 Å². The van der Waals surface area contributed by atoms with E-state index in [0.29, 0.717) is 12.8 Å². The maximum Gasteiger partial charge on any atom is 0.226 e. The zero-order valence-corrected chi connectivity index (χ0v) is 17.1. The maximum absolute atomic E-state index is 13.2. The Bertz CT molecular complexity index is 1050. The first-order chi connectivity index (χ1) is 13.7. The molecule has 2 aromatic carbocycles. The fourth-order valence-electron chi connectivity index (χ4n) is 3.49. The van der Waals surface area contributed by atoms with Crippen molar-refractivity contribution in [1.29, 1.82) is 0 Å². The van der Waals surface area contributed by atoms with Crippen molar-refractivity contribution in [1.82, 2.24) is 0 Å².